The van der Waals surface area contributed by atoms with Crippen LogP contribution in [0.1, 0.15) is 81.6 Å². The number of hydrogen-bond donors (Lipinski definition) is 1. The van der Waals surface area contributed by atoms with Crippen LogP contribution in [0.15, 0.2) is 60.7 Å². The highest BCUT2D eigenvalue weighted by Crippen LogP contribution is 2.43. The molecule has 0 bridgehead atoms. The number of halogens is 1. The summed E-state index contributed by atoms with van der Waals surface area (Å²) in [7, 11) is 0. The lowest BCUT2D eigenvalue weighted by Crippen LogP contribution is -2.54. The van der Waals surface area contributed by atoms with Crippen LogP contribution in [0.5, 0.6) is 0 Å². The molecule has 6 heterocycles. The average molecular weight is 817 g/mol. The number of benzene rings is 3. The van der Waals surface area contributed by atoms with Crippen LogP contribution >= 0.6 is 11.6 Å². The number of carbonyl (C=O) groups is 5. The topological polar surface area (TPSA) is 141 Å². The van der Waals surface area contributed by atoms with Crippen molar-refractivity contribution in [3.05, 3.63) is 87.9 Å². The van der Waals surface area contributed by atoms with Gasteiger partial charge in [-0.1, -0.05) is 11.6 Å². The molecule has 6 aliphatic rings. The van der Waals surface area contributed by atoms with E-state index in [2.05, 4.69) is 43.1 Å². The van der Waals surface area contributed by atoms with E-state index < -0.39 is 29.7 Å². The third-order valence-electron chi connectivity index (χ3n) is 13.8. The molecule has 1 N–H and O–H groups in total. The first-order valence-electron chi connectivity index (χ1n) is 21.0. The van der Waals surface area contributed by atoms with Crippen molar-refractivity contribution in [3.63, 3.8) is 0 Å². The number of carbonyl (C=O) groups excluding carboxylic acids is 5. The smallest absolute Gasteiger partial charge is 0.262 e. The second kappa shape index (κ2) is 16.0. The van der Waals surface area contributed by atoms with Crippen LogP contribution in [-0.4, -0.2) is 122 Å². The van der Waals surface area contributed by atoms with Crippen LogP contribution in [0.3, 0.4) is 0 Å². The second-order valence-corrected chi connectivity index (χ2v) is 17.6. The summed E-state index contributed by atoms with van der Waals surface area (Å²) in [5.41, 5.74) is 5.28. The Morgan fingerprint density at radius 1 is 0.729 bits per heavy atom. The highest BCUT2D eigenvalue weighted by Gasteiger charge is 2.45. The van der Waals surface area contributed by atoms with Gasteiger partial charge in [-0.05, 0) is 111 Å². The number of piperidine rings is 3. The van der Waals surface area contributed by atoms with Crippen molar-refractivity contribution < 1.29 is 24.0 Å². The molecule has 5 amide bonds. The van der Waals surface area contributed by atoms with E-state index >= 15 is 0 Å². The molecule has 5 saturated heterocycles. The molecule has 306 valence electrons. The largest absolute Gasteiger partial charge is 0.371 e. The molecular formula is C45H49ClN8O5. The highest BCUT2D eigenvalue weighted by molar-refractivity contribution is 6.32. The lowest BCUT2D eigenvalue weighted by Gasteiger charge is -2.40. The number of rotatable bonds is 7. The second-order valence-electron chi connectivity index (χ2n) is 17.2. The Hall–Kier alpha value is -5.45. The first-order chi connectivity index (χ1) is 28.6. The number of nitrogens with one attached hydrogen (secondary N) is 1. The zero-order chi connectivity index (χ0) is 40.8. The molecule has 13 nitrogen and oxygen atoms in total. The van der Waals surface area contributed by atoms with E-state index in [4.69, 9.17) is 11.6 Å². The van der Waals surface area contributed by atoms with Crippen LogP contribution in [0, 0.1) is 22.7 Å². The van der Waals surface area contributed by atoms with Crippen molar-refractivity contribution in [2.45, 2.75) is 51.0 Å². The lowest BCUT2D eigenvalue weighted by molar-refractivity contribution is -0.136. The zero-order valence-corrected chi connectivity index (χ0v) is 34.0. The molecule has 59 heavy (non-hydrogen) atoms. The predicted octanol–water partition coefficient (Wildman–Crippen LogP) is 4.78. The Bertz CT molecular complexity index is 2220. The minimum absolute atomic E-state index is 0.0887. The summed E-state index contributed by atoms with van der Waals surface area (Å²) in [5.74, 6) is -1.35. The Balaban J connectivity index is 0.712. The third-order valence-corrected chi connectivity index (χ3v) is 14.1. The Morgan fingerprint density at radius 3 is 2.03 bits per heavy atom. The molecular weight excluding hydrogens is 768 g/mol. The van der Waals surface area contributed by atoms with Crippen molar-refractivity contribution in [1.29, 1.82) is 5.26 Å². The molecule has 1 atom stereocenters. The summed E-state index contributed by atoms with van der Waals surface area (Å²) in [6.45, 7) is 9.74. The van der Waals surface area contributed by atoms with E-state index in [1.54, 1.807) is 12.1 Å². The maximum absolute atomic E-state index is 13.6. The number of fused-ring (bicyclic) bond motifs is 1. The standard InChI is InChI=1S/C45H49ClN8O5/c46-38-26-35(6-3-32(38)27-47)53-20-15-45(29-53)13-18-51(19-14-45)33-4-1-31(2-5-33)42(57)52-23-21-49(22-24-52)28-30-11-16-50(17-12-30)34-7-8-36-37(25-34)44(59)54(43(36)58)39-9-10-40(55)48-41(39)56/h1-8,25-26,30,39H,9-24,28-29H2,(H,48,55,56). The normalized spacial score (nSPS) is 22.6. The van der Waals surface area contributed by atoms with Crippen LogP contribution in [0.2, 0.25) is 5.02 Å². The molecule has 1 unspecified atom stereocenters. The minimum atomic E-state index is -0.972. The van der Waals surface area contributed by atoms with E-state index in [0.29, 0.717) is 40.7 Å². The Kier molecular flexibility index (Phi) is 10.6. The molecule has 5 fully saturated rings. The number of nitriles is 1. The number of nitrogens with zero attached hydrogens (tertiary/aromatic N) is 7. The van der Waals surface area contributed by atoms with Gasteiger partial charge in [0.1, 0.15) is 12.1 Å². The number of piperazine rings is 1. The first-order valence-corrected chi connectivity index (χ1v) is 21.4. The van der Waals surface area contributed by atoms with Crippen molar-refractivity contribution in [2.24, 2.45) is 11.3 Å². The van der Waals surface area contributed by atoms with Gasteiger partial charge < -0.3 is 19.6 Å². The van der Waals surface area contributed by atoms with E-state index in [1.807, 2.05) is 41.3 Å². The van der Waals surface area contributed by atoms with Gasteiger partial charge in [0.05, 0.1) is 21.7 Å². The molecule has 3 aromatic carbocycles. The van der Waals surface area contributed by atoms with Crippen molar-refractivity contribution in [3.8, 4) is 6.07 Å². The minimum Gasteiger partial charge on any atom is -0.371 e. The first kappa shape index (κ1) is 39.0. The molecule has 0 saturated carbocycles. The number of imide groups is 2. The summed E-state index contributed by atoms with van der Waals surface area (Å²) >= 11 is 6.33. The van der Waals surface area contributed by atoms with Gasteiger partial charge in [-0.3, -0.25) is 39.1 Å². The Morgan fingerprint density at radius 2 is 1.36 bits per heavy atom. The monoisotopic (exact) mass is 816 g/mol. The number of hydrogen-bond acceptors (Lipinski definition) is 10. The molecule has 0 aliphatic carbocycles. The van der Waals surface area contributed by atoms with Gasteiger partial charge >= 0.3 is 0 Å². The third kappa shape index (κ3) is 7.64. The quantitative estimate of drug-likeness (QED) is 0.332. The van der Waals surface area contributed by atoms with Crippen LogP contribution in [-0.2, 0) is 9.59 Å². The molecule has 0 aromatic heterocycles. The van der Waals surface area contributed by atoms with Gasteiger partial charge in [-0.2, -0.15) is 5.26 Å². The van der Waals surface area contributed by atoms with Crippen molar-refractivity contribution in [1.82, 2.24) is 20.0 Å². The van der Waals surface area contributed by atoms with Crippen molar-refractivity contribution in [2.75, 3.05) is 86.7 Å². The van der Waals surface area contributed by atoms with Gasteiger partial charge in [0.25, 0.3) is 17.7 Å². The van der Waals surface area contributed by atoms with E-state index in [1.165, 1.54) is 0 Å². The van der Waals surface area contributed by atoms with Gasteiger partial charge in [0.15, 0.2) is 0 Å². The zero-order valence-electron chi connectivity index (χ0n) is 33.2. The summed E-state index contributed by atoms with van der Waals surface area (Å²) < 4.78 is 0. The number of amides is 5. The van der Waals surface area contributed by atoms with Gasteiger partial charge in [-0.15, -0.1) is 0 Å². The maximum atomic E-state index is 13.6. The fraction of sp³-hybridized carbons (Fsp3) is 0.467. The van der Waals surface area contributed by atoms with Gasteiger partial charge in [0, 0.05) is 101 Å². The van der Waals surface area contributed by atoms with E-state index in [-0.39, 0.29) is 24.2 Å². The van der Waals surface area contributed by atoms with Crippen molar-refractivity contribution >= 4 is 58.2 Å². The van der Waals surface area contributed by atoms with E-state index in [0.717, 1.165) is 119 Å². The molecule has 0 radical (unpaired) electrons. The lowest BCUT2D eigenvalue weighted by atomic mass is 9.77. The molecule has 3 aromatic rings. The molecule has 1 spiro atoms. The Labute approximate surface area is 349 Å². The molecule has 14 heteroatoms. The summed E-state index contributed by atoms with van der Waals surface area (Å²) in [5, 5.41) is 12.0. The SMILES string of the molecule is N#Cc1ccc(N2CCC3(CCN(c4ccc(C(=O)N5CCN(CC6CCN(c7ccc8c(c7)C(=O)N(C7CCC(=O)NC7=O)C8=O)CC6)CC5)cc4)CC3)C2)cc1Cl. The van der Waals surface area contributed by atoms with Gasteiger partial charge in [-0.25, -0.2) is 0 Å². The summed E-state index contributed by atoms with van der Waals surface area (Å²) in [6.07, 6.45) is 5.62. The number of anilines is 3. The molecule has 6 aliphatic heterocycles. The van der Waals surface area contributed by atoms with Gasteiger partial charge in [0.2, 0.25) is 11.8 Å². The van der Waals surface area contributed by atoms with Crippen LogP contribution < -0.4 is 20.0 Å². The summed E-state index contributed by atoms with van der Waals surface area (Å²) in [6, 6.07) is 20.4. The fourth-order valence-electron chi connectivity index (χ4n) is 10.1. The predicted molar refractivity (Wildman–Crippen MR) is 224 cm³/mol. The fourth-order valence-corrected chi connectivity index (χ4v) is 10.3. The average Bonchev–Trinajstić information content (AvgIpc) is 3.78. The highest BCUT2D eigenvalue weighted by atomic mass is 35.5. The van der Waals surface area contributed by atoms with Crippen LogP contribution in [0.25, 0.3) is 0 Å². The molecule has 9 rings (SSSR count). The van der Waals surface area contributed by atoms with E-state index in [9.17, 15) is 29.2 Å². The van der Waals surface area contributed by atoms with Crippen LogP contribution in [0.4, 0.5) is 17.1 Å². The summed E-state index contributed by atoms with van der Waals surface area (Å²) in [4.78, 5) is 76.7. The maximum Gasteiger partial charge on any atom is 0.262 e.